The molecule has 124 valence electrons. The molecule has 0 aliphatic rings. The fourth-order valence-corrected chi connectivity index (χ4v) is 2.14. The molecule has 0 atom stereocenters. The number of amides is 1. The van der Waals surface area contributed by atoms with Gasteiger partial charge >= 0.3 is 0 Å². The first-order chi connectivity index (χ1) is 10.6. The molecule has 2 aromatic rings. The summed E-state index contributed by atoms with van der Waals surface area (Å²) in [7, 11) is 0. The minimum atomic E-state index is -0.0666. The van der Waals surface area contributed by atoms with Gasteiger partial charge in [0.05, 0.1) is 5.56 Å². The molecule has 0 spiro atoms. The second kappa shape index (κ2) is 6.14. The fourth-order valence-electron chi connectivity index (χ4n) is 2.14. The van der Waals surface area contributed by atoms with Gasteiger partial charge in [0.1, 0.15) is 0 Å². The van der Waals surface area contributed by atoms with Crippen molar-refractivity contribution in [1.82, 2.24) is 14.6 Å². The molecule has 0 aromatic carbocycles. The monoisotopic (exact) mass is 314 g/mol. The zero-order valence-electron chi connectivity index (χ0n) is 14.8. The van der Waals surface area contributed by atoms with Crippen molar-refractivity contribution in [2.75, 3.05) is 5.32 Å². The van der Waals surface area contributed by atoms with Crippen LogP contribution in [0.4, 0.5) is 5.82 Å². The summed E-state index contributed by atoms with van der Waals surface area (Å²) in [4.78, 5) is 16.6. The maximum absolute atomic E-state index is 12.3. The lowest BCUT2D eigenvalue weighted by molar-refractivity contribution is -0.117. The van der Waals surface area contributed by atoms with Crippen molar-refractivity contribution in [3.8, 4) is 0 Å². The zero-order chi connectivity index (χ0) is 17.3. The topological polar surface area (TPSA) is 59.3 Å². The molecule has 0 radical (unpaired) electrons. The second-order valence-corrected chi connectivity index (χ2v) is 8.14. The molecule has 2 rings (SSSR count). The third-order valence-electron chi connectivity index (χ3n) is 3.13. The quantitative estimate of drug-likeness (QED) is 0.925. The molecule has 0 aliphatic heterocycles. The van der Waals surface area contributed by atoms with Crippen LogP contribution in [0.5, 0.6) is 0 Å². The van der Waals surface area contributed by atoms with Gasteiger partial charge in [-0.25, -0.2) is 9.50 Å². The summed E-state index contributed by atoms with van der Waals surface area (Å²) in [6.45, 7) is 12.5. The predicted octanol–water partition coefficient (Wildman–Crippen LogP) is 4.16. The minimum Gasteiger partial charge on any atom is -0.309 e. The minimum absolute atomic E-state index is 0.0358. The van der Waals surface area contributed by atoms with E-state index in [1.807, 2.05) is 39.1 Å². The summed E-state index contributed by atoms with van der Waals surface area (Å²) < 4.78 is 1.69. The van der Waals surface area contributed by atoms with Crippen LogP contribution in [-0.4, -0.2) is 20.5 Å². The van der Waals surface area contributed by atoms with Crippen LogP contribution in [0.1, 0.15) is 53.5 Å². The Morgan fingerprint density at radius 1 is 1.26 bits per heavy atom. The number of rotatable bonds is 3. The molecule has 1 amide bonds. The van der Waals surface area contributed by atoms with Crippen molar-refractivity contribution in [1.29, 1.82) is 0 Å². The van der Waals surface area contributed by atoms with Gasteiger partial charge in [0.2, 0.25) is 5.91 Å². The van der Waals surface area contributed by atoms with Crippen LogP contribution in [-0.2, 0) is 4.79 Å². The van der Waals surface area contributed by atoms with E-state index in [1.54, 1.807) is 10.7 Å². The van der Waals surface area contributed by atoms with E-state index < -0.39 is 0 Å². The normalized spacial score (nSPS) is 13.0. The summed E-state index contributed by atoms with van der Waals surface area (Å²) >= 11 is 0. The van der Waals surface area contributed by atoms with Gasteiger partial charge < -0.3 is 5.32 Å². The molecular formula is C18H26N4O. The van der Waals surface area contributed by atoms with Crippen LogP contribution < -0.4 is 5.32 Å². The SMILES string of the molecule is CC(C)(C)/C=C/c1c(NC(=O)CC(C)(C)C)nn2cccnc12. The van der Waals surface area contributed by atoms with E-state index in [0.29, 0.717) is 12.2 Å². The molecule has 0 unspecified atom stereocenters. The Balaban J connectivity index is 2.38. The number of carbonyl (C=O) groups is 1. The molecule has 2 heterocycles. The van der Waals surface area contributed by atoms with E-state index in [1.165, 1.54) is 0 Å². The molecule has 2 aromatic heterocycles. The Bertz CT molecular complexity index is 730. The van der Waals surface area contributed by atoms with Crippen LogP contribution in [0.3, 0.4) is 0 Å². The highest BCUT2D eigenvalue weighted by atomic mass is 16.1. The molecule has 5 nitrogen and oxygen atoms in total. The Labute approximate surface area is 137 Å². The van der Waals surface area contributed by atoms with Crippen molar-refractivity contribution in [3.05, 3.63) is 30.1 Å². The number of hydrogen-bond acceptors (Lipinski definition) is 3. The summed E-state index contributed by atoms with van der Waals surface area (Å²) in [5.74, 6) is 0.518. The third-order valence-corrected chi connectivity index (χ3v) is 3.13. The smallest absolute Gasteiger partial charge is 0.226 e. The Morgan fingerprint density at radius 3 is 2.57 bits per heavy atom. The first-order valence-corrected chi connectivity index (χ1v) is 7.88. The van der Waals surface area contributed by atoms with E-state index in [-0.39, 0.29) is 16.7 Å². The number of carbonyl (C=O) groups excluding carboxylic acids is 1. The van der Waals surface area contributed by atoms with E-state index >= 15 is 0 Å². The Kier molecular flexibility index (Phi) is 4.59. The van der Waals surface area contributed by atoms with E-state index in [4.69, 9.17) is 0 Å². The Morgan fingerprint density at radius 2 is 1.96 bits per heavy atom. The molecule has 0 fully saturated rings. The van der Waals surface area contributed by atoms with Crippen molar-refractivity contribution in [2.24, 2.45) is 10.8 Å². The third kappa shape index (κ3) is 4.91. The van der Waals surface area contributed by atoms with Gasteiger partial charge in [-0.2, -0.15) is 0 Å². The lowest BCUT2D eigenvalue weighted by Crippen LogP contribution is -2.20. The van der Waals surface area contributed by atoms with E-state index in [9.17, 15) is 4.79 Å². The summed E-state index contributed by atoms with van der Waals surface area (Å²) in [5.41, 5.74) is 1.54. The highest BCUT2D eigenvalue weighted by molar-refractivity contribution is 5.94. The van der Waals surface area contributed by atoms with Crippen LogP contribution in [0.15, 0.2) is 24.5 Å². The van der Waals surface area contributed by atoms with Gasteiger partial charge in [-0.15, -0.1) is 5.10 Å². The van der Waals surface area contributed by atoms with E-state index in [0.717, 1.165) is 11.2 Å². The number of nitrogens with zero attached hydrogens (tertiary/aromatic N) is 3. The van der Waals surface area contributed by atoms with Crippen molar-refractivity contribution in [2.45, 2.75) is 48.0 Å². The lowest BCUT2D eigenvalue weighted by Gasteiger charge is -2.16. The second-order valence-electron chi connectivity index (χ2n) is 8.14. The maximum atomic E-state index is 12.3. The van der Waals surface area contributed by atoms with Crippen molar-refractivity contribution < 1.29 is 4.79 Å². The number of anilines is 1. The first-order valence-electron chi connectivity index (χ1n) is 7.88. The van der Waals surface area contributed by atoms with Crippen molar-refractivity contribution >= 4 is 23.4 Å². The molecule has 1 N–H and O–H groups in total. The molecular weight excluding hydrogens is 288 g/mol. The maximum Gasteiger partial charge on any atom is 0.226 e. The molecule has 0 saturated heterocycles. The number of fused-ring (bicyclic) bond motifs is 1. The number of nitrogens with one attached hydrogen (secondary N) is 1. The number of hydrogen-bond donors (Lipinski definition) is 1. The van der Waals surface area contributed by atoms with Crippen LogP contribution in [0.2, 0.25) is 0 Å². The van der Waals surface area contributed by atoms with Gasteiger partial charge in [-0.3, -0.25) is 4.79 Å². The highest BCUT2D eigenvalue weighted by Crippen LogP contribution is 2.25. The zero-order valence-corrected chi connectivity index (χ0v) is 14.8. The molecule has 0 saturated carbocycles. The summed E-state index contributed by atoms with van der Waals surface area (Å²) in [6.07, 6.45) is 8.08. The summed E-state index contributed by atoms with van der Waals surface area (Å²) in [6, 6.07) is 1.82. The van der Waals surface area contributed by atoms with Crippen LogP contribution in [0.25, 0.3) is 11.7 Å². The average Bonchev–Trinajstić information content (AvgIpc) is 2.70. The molecule has 5 heteroatoms. The van der Waals surface area contributed by atoms with Gasteiger partial charge in [-0.1, -0.05) is 53.7 Å². The predicted molar refractivity (Wildman–Crippen MR) is 94.2 cm³/mol. The summed E-state index contributed by atoms with van der Waals surface area (Å²) in [5, 5.41) is 7.38. The lowest BCUT2D eigenvalue weighted by atomic mass is 9.92. The Hall–Kier alpha value is -2.17. The molecule has 0 aliphatic carbocycles. The molecule has 0 bridgehead atoms. The number of allylic oxidation sites excluding steroid dienone is 1. The highest BCUT2D eigenvalue weighted by Gasteiger charge is 2.19. The van der Waals surface area contributed by atoms with Gasteiger partial charge in [0.25, 0.3) is 0 Å². The fraction of sp³-hybridized carbons (Fsp3) is 0.500. The first kappa shape index (κ1) is 17.2. The standard InChI is InChI=1S/C18H26N4O/c1-17(2,3)9-8-13-15(20-14(23)12-18(4,5)6)21-22-11-7-10-19-16(13)22/h7-11H,12H2,1-6H3,(H,20,21,23)/b9-8+. The van der Waals surface area contributed by atoms with Crippen LogP contribution in [0, 0.1) is 10.8 Å². The van der Waals surface area contributed by atoms with Gasteiger partial charge in [0, 0.05) is 18.8 Å². The van der Waals surface area contributed by atoms with Gasteiger partial charge in [0.15, 0.2) is 11.5 Å². The van der Waals surface area contributed by atoms with Crippen LogP contribution >= 0.6 is 0 Å². The van der Waals surface area contributed by atoms with E-state index in [2.05, 4.69) is 42.2 Å². The van der Waals surface area contributed by atoms with Gasteiger partial charge in [-0.05, 0) is 16.9 Å². The largest absolute Gasteiger partial charge is 0.309 e. The average molecular weight is 314 g/mol. The number of aromatic nitrogens is 3. The van der Waals surface area contributed by atoms with Crippen molar-refractivity contribution in [3.63, 3.8) is 0 Å². The molecule has 23 heavy (non-hydrogen) atoms.